The molecule has 0 atom stereocenters. The van der Waals surface area contributed by atoms with E-state index in [1.54, 1.807) is 12.4 Å². The van der Waals surface area contributed by atoms with Gasteiger partial charge < -0.3 is 15.6 Å². The lowest BCUT2D eigenvalue weighted by molar-refractivity contribution is 0.0788. The fourth-order valence-corrected chi connectivity index (χ4v) is 3.19. The molecule has 0 saturated carbocycles. The SMILES string of the molecule is Nc1ncc(-c2ccccc2)c(-c2c[nH]c(C(=O)N3CCCC3)c2)n1. The van der Waals surface area contributed by atoms with Gasteiger partial charge >= 0.3 is 0 Å². The van der Waals surface area contributed by atoms with Crippen molar-refractivity contribution < 1.29 is 4.79 Å². The zero-order valence-corrected chi connectivity index (χ0v) is 13.8. The maximum absolute atomic E-state index is 12.6. The van der Waals surface area contributed by atoms with Crippen molar-refractivity contribution in [1.82, 2.24) is 19.9 Å². The molecule has 0 radical (unpaired) electrons. The summed E-state index contributed by atoms with van der Waals surface area (Å²) < 4.78 is 0. The van der Waals surface area contributed by atoms with Crippen LogP contribution in [0.5, 0.6) is 0 Å². The lowest BCUT2D eigenvalue weighted by Crippen LogP contribution is -2.27. The third-order valence-electron chi connectivity index (χ3n) is 4.47. The van der Waals surface area contributed by atoms with E-state index in [9.17, 15) is 4.79 Å². The molecule has 6 nitrogen and oxygen atoms in total. The van der Waals surface area contributed by atoms with Crippen molar-refractivity contribution in [2.75, 3.05) is 18.8 Å². The van der Waals surface area contributed by atoms with Crippen LogP contribution in [0.1, 0.15) is 23.3 Å². The Bertz CT molecular complexity index is 897. The number of likely N-dealkylation sites (tertiary alicyclic amines) is 1. The lowest BCUT2D eigenvalue weighted by atomic mass is 10.0. The van der Waals surface area contributed by atoms with Crippen LogP contribution in [0, 0.1) is 0 Å². The molecule has 126 valence electrons. The standard InChI is InChI=1S/C19H19N5O/c20-19-22-12-15(13-6-2-1-3-7-13)17(23-19)14-10-16(21-11-14)18(25)24-8-4-5-9-24/h1-3,6-7,10-12,21H,4-5,8-9H2,(H2,20,22,23). The van der Waals surface area contributed by atoms with Gasteiger partial charge in [-0.25, -0.2) is 9.97 Å². The van der Waals surface area contributed by atoms with Gasteiger partial charge in [-0.2, -0.15) is 0 Å². The van der Waals surface area contributed by atoms with Crippen LogP contribution in [-0.2, 0) is 0 Å². The van der Waals surface area contributed by atoms with E-state index in [1.165, 1.54) is 0 Å². The van der Waals surface area contributed by atoms with E-state index in [2.05, 4.69) is 15.0 Å². The van der Waals surface area contributed by atoms with Gasteiger partial charge in [-0.15, -0.1) is 0 Å². The summed E-state index contributed by atoms with van der Waals surface area (Å²) in [5, 5.41) is 0. The van der Waals surface area contributed by atoms with Crippen molar-refractivity contribution in [2.24, 2.45) is 0 Å². The molecule has 1 saturated heterocycles. The first-order valence-electron chi connectivity index (χ1n) is 8.38. The summed E-state index contributed by atoms with van der Waals surface area (Å²) in [6.07, 6.45) is 5.67. The second kappa shape index (κ2) is 6.39. The number of hydrogen-bond donors (Lipinski definition) is 2. The molecule has 0 unspecified atom stereocenters. The van der Waals surface area contributed by atoms with E-state index in [1.807, 2.05) is 41.3 Å². The van der Waals surface area contributed by atoms with Crippen LogP contribution in [0.4, 0.5) is 5.95 Å². The van der Waals surface area contributed by atoms with Gasteiger partial charge in [0.05, 0.1) is 5.69 Å². The molecule has 3 aromatic rings. The monoisotopic (exact) mass is 333 g/mol. The molecule has 2 aromatic heterocycles. The number of amides is 1. The Morgan fingerprint density at radius 1 is 1.12 bits per heavy atom. The maximum Gasteiger partial charge on any atom is 0.270 e. The van der Waals surface area contributed by atoms with Crippen LogP contribution in [0.2, 0.25) is 0 Å². The first-order valence-corrected chi connectivity index (χ1v) is 8.38. The molecule has 0 spiro atoms. The van der Waals surface area contributed by atoms with Crippen molar-refractivity contribution in [1.29, 1.82) is 0 Å². The molecule has 0 aliphatic carbocycles. The van der Waals surface area contributed by atoms with Crippen molar-refractivity contribution >= 4 is 11.9 Å². The van der Waals surface area contributed by atoms with Crippen molar-refractivity contribution in [3.05, 3.63) is 54.5 Å². The van der Waals surface area contributed by atoms with Gasteiger partial charge in [0.25, 0.3) is 5.91 Å². The summed E-state index contributed by atoms with van der Waals surface area (Å²) in [6.45, 7) is 1.64. The summed E-state index contributed by atoms with van der Waals surface area (Å²) in [7, 11) is 0. The summed E-state index contributed by atoms with van der Waals surface area (Å²) in [5.74, 6) is 0.246. The molecule has 1 amide bonds. The van der Waals surface area contributed by atoms with Crippen LogP contribution < -0.4 is 5.73 Å². The first kappa shape index (κ1) is 15.4. The number of rotatable bonds is 3. The topological polar surface area (TPSA) is 87.9 Å². The molecule has 1 fully saturated rings. The highest BCUT2D eigenvalue weighted by Crippen LogP contribution is 2.31. The number of nitrogens with two attached hydrogens (primary N) is 1. The van der Waals surface area contributed by atoms with Crippen LogP contribution in [0.25, 0.3) is 22.4 Å². The van der Waals surface area contributed by atoms with Gasteiger partial charge in [-0.1, -0.05) is 30.3 Å². The molecular weight excluding hydrogens is 314 g/mol. The molecule has 1 aromatic carbocycles. The van der Waals surface area contributed by atoms with E-state index >= 15 is 0 Å². The second-order valence-corrected chi connectivity index (χ2v) is 6.16. The molecule has 3 heterocycles. The zero-order chi connectivity index (χ0) is 17.2. The van der Waals surface area contributed by atoms with Crippen LogP contribution >= 0.6 is 0 Å². The number of nitrogen functional groups attached to an aromatic ring is 1. The highest BCUT2D eigenvalue weighted by molar-refractivity contribution is 5.94. The third kappa shape index (κ3) is 2.98. The number of H-pyrrole nitrogens is 1. The van der Waals surface area contributed by atoms with Crippen LogP contribution in [-0.4, -0.2) is 38.8 Å². The predicted molar refractivity (Wildman–Crippen MR) is 96.8 cm³/mol. The number of carbonyl (C=O) groups is 1. The van der Waals surface area contributed by atoms with Gasteiger partial charge in [-0.05, 0) is 24.5 Å². The Kier molecular flexibility index (Phi) is 3.93. The molecule has 3 N–H and O–H groups in total. The number of carbonyl (C=O) groups excluding carboxylic acids is 1. The minimum Gasteiger partial charge on any atom is -0.368 e. The molecule has 25 heavy (non-hydrogen) atoms. The molecule has 6 heteroatoms. The smallest absolute Gasteiger partial charge is 0.270 e. The number of nitrogens with one attached hydrogen (secondary N) is 1. The molecule has 4 rings (SSSR count). The van der Waals surface area contributed by atoms with Gasteiger partial charge in [0, 0.05) is 36.6 Å². The Balaban J connectivity index is 1.73. The van der Waals surface area contributed by atoms with E-state index in [4.69, 9.17) is 5.73 Å². The maximum atomic E-state index is 12.6. The number of nitrogens with zero attached hydrogens (tertiary/aromatic N) is 3. The minimum atomic E-state index is 0.0343. The largest absolute Gasteiger partial charge is 0.368 e. The molecular formula is C19H19N5O. The third-order valence-corrected chi connectivity index (χ3v) is 4.47. The fourth-order valence-electron chi connectivity index (χ4n) is 3.19. The van der Waals surface area contributed by atoms with Gasteiger partial charge in [0.15, 0.2) is 0 Å². The highest BCUT2D eigenvalue weighted by Gasteiger charge is 2.21. The predicted octanol–water partition coefficient (Wildman–Crippen LogP) is 2.96. The average molecular weight is 333 g/mol. The molecule has 1 aliphatic rings. The van der Waals surface area contributed by atoms with Gasteiger partial charge in [-0.3, -0.25) is 4.79 Å². The number of aromatic nitrogens is 3. The molecule has 0 bridgehead atoms. The van der Waals surface area contributed by atoms with Crippen LogP contribution in [0.3, 0.4) is 0 Å². The quantitative estimate of drug-likeness (QED) is 0.771. The highest BCUT2D eigenvalue weighted by atomic mass is 16.2. The van der Waals surface area contributed by atoms with Crippen molar-refractivity contribution in [3.63, 3.8) is 0 Å². The average Bonchev–Trinajstić information content (AvgIpc) is 3.34. The molecule has 1 aliphatic heterocycles. The minimum absolute atomic E-state index is 0.0343. The Morgan fingerprint density at radius 3 is 2.64 bits per heavy atom. The number of aromatic amines is 1. The van der Waals surface area contributed by atoms with E-state index in [-0.39, 0.29) is 11.9 Å². The van der Waals surface area contributed by atoms with Gasteiger partial charge in [0.1, 0.15) is 5.69 Å². The summed E-state index contributed by atoms with van der Waals surface area (Å²) in [4.78, 5) is 26.1. The van der Waals surface area contributed by atoms with Crippen molar-refractivity contribution in [3.8, 4) is 22.4 Å². The normalized spacial score (nSPS) is 14.0. The number of anilines is 1. The Hall–Kier alpha value is -3.15. The van der Waals surface area contributed by atoms with E-state index in [0.29, 0.717) is 5.69 Å². The number of benzene rings is 1. The summed E-state index contributed by atoms with van der Waals surface area (Å²) in [6, 6.07) is 11.7. The van der Waals surface area contributed by atoms with E-state index in [0.717, 1.165) is 48.3 Å². The Morgan fingerprint density at radius 2 is 1.88 bits per heavy atom. The second-order valence-electron chi connectivity index (χ2n) is 6.16. The summed E-state index contributed by atoms with van der Waals surface area (Å²) >= 11 is 0. The Labute approximate surface area is 145 Å². The van der Waals surface area contributed by atoms with E-state index < -0.39 is 0 Å². The fraction of sp³-hybridized carbons (Fsp3) is 0.211. The first-order chi connectivity index (χ1) is 12.2. The van der Waals surface area contributed by atoms with Gasteiger partial charge in [0.2, 0.25) is 5.95 Å². The lowest BCUT2D eigenvalue weighted by Gasteiger charge is -2.13. The zero-order valence-electron chi connectivity index (χ0n) is 13.8. The number of hydrogen-bond acceptors (Lipinski definition) is 4. The summed E-state index contributed by atoms with van der Waals surface area (Å²) in [5.41, 5.74) is 9.81. The van der Waals surface area contributed by atoms with Crippen LogP contribution in [0.15, 0.2) is 48.8 Å². The van der Waals surface area contributed by atoms with Crippen molar-refractivity contribution in [2.45, 2.75) is 12.8 Å².